The van der Waals surface area contributed by atoms with Crippen molar-refractivity contribution in [3.8, 4) is 0 Å². The highest BCUT2D eigenvalue weighted by atomic mass is 19.3. The maximum Gasteiger partial charge on any atom is 0.264 e. The highest BCUT2D eigenvalue weighted by molar-refractivity contribution is 5.99. The molecule has 1 heterocycles. The third kappa shape index (κ3) is 2.96. The fourth-order valence-electron chi connectivity index (χ4n) is 3.09. The number of likely N-dealkylation sites (tertiary alicyclic amines) is 1. The van der Waals surface area contributed by atoms with Gasteiger partial charge in [-0.1, -0.05) is 6.92 Å². The Labute approximate surface area is 113 Å². The van der Waals surface area contributed by atoms with Gasteiger partial charge in [0.2, 0.25) is 0 Å². The number of alkyl halides is 2. The second kappa shape index (κ2) is 5.19. The first kappa shape index (κ1) is 14.4. The van der Waals surface area contributed by atoms with Gasteiger partial charge in [0, 0.05) is 36.8 Å². The van der Waals surface area contributed by atoms with Gasteiger partial charge in [-0.3, -0.25) is 4.99 Å². The molecule has 0 aromatic carbocycles. The molecule has 0 amide bonds. The normalized spacial score (nSPS) is 35.7. The first-order valence-electron chi connectivity index (χ1n) is 6.88. The average molecular weight is 271 g/mol. The van der Waals surface area contributed by atoms with Crippen molar-refractivity contribution in [1.82, 2.24) is 4.90 Å². The third-order valence-electron chi connectivity index (χ3n) is 4.27. The van der Waals surface area contributed by atoms with Crippen molar-refractivity contribution >= 4 is 5.71 Å². The number of nitrogens with zero attached hydrogens (tertiary/aromatic N) is 2. The number of nitrogens with two attached hydrogens (primary N) is 1. The largest absolute Gasteiger partial charge is 0.402 e. The molecule has 1 saturated heterocycles. The van der Waals surface area contributed by atoms with Crippen LogP contribution >= 0.6 is 0 Å². The van der Waals surface area contributed by atoms with E-state index >= 15 is 0 Å². The Balaban J connectivity index is 2.04. The number of allylic oxidation sites excluding steroid dienone is 2. The predicted molar refractivity (Wildman–Crippen MR) is 73.5 cm³/mol. The minimum absolute atomic E-state index is 0.0551. The molecule has 0 radical (unpaired) electrons. The van der Waals surface area contributed by atoms with Crippen LogP contribution in [-0.4, -0.2) is 43.7 Å². The molecule has 3 atom stereocenters. The maximum absolute atomic E-state index is 13.9. The summed E-state index contributed by atoms with van der Waals surface area (Å²) >= 11 is 0. The summed E-state index contributed by atoms with van der Waals surface area (Å²) in [5.74, 6) is -2.87. The fourth-order valence-corrected chi connectivity index (χ4v) is 3.09. The smallest absolute Gasteiger partial charge is 0.264 e. The van der Waals surface area contributed by atoms with E-state index in [2.05, 4.69) is 4.99 Å². The zero-order valence-electron chi connectivity index (χ0n) is 11.9. The van der Waals surface area contributed by atoms with Gasteiger partial charge in [0.25, 0.3) is 5.92 Å². The van der Waals surface area contributed by atoms with Gasteiger partial charge in [0.1, 0.15) is 0 Å². The molecule has 19 heavy (non-hydrogen) atoms. The molecule has 5 heteroatoms. The Kier molecular flexibility index (Phi) is 3.95. The summed E-state index contributed by atoms with van der Waals surface area (Å²) in [7, 11) is 3.47. The van der Waals surface area contributed by atoms with Crippen molar-refractivity contribution in [2.24, 2.45) is 28.5 Å². The van der Waals surface area contributed by atoms with E-state index in [1.165, 1.54) is 0 Å². The monoisotopic (exact) mass is 271 g/mol. The fraction of sp³-hybridized carbons (Fsp3) is 0.786. The molecule has 0 aromatic heterocycles. The lowest BCUT2D eigenvalue weighted by Crippen LogP contribution is -2.29. The molecule has 3 unspecified atom stereocenters. The molecule has 1 saturated carbocycles. The minimum Gasteiger partial charge on any atom is -0.402 e. The zero-order chi connectivity index (χ0) is 14.2. The Morgan fingerprint density at radius 3 is 2.68 bits per heavy atom. The van der Waals surface area contributed by atoms with Crippen molar-refractivity contribution in [2.75, 3.05) is 27.2 Å². The summed E-state index contributed by atoms with van der Waals surface area (Å²) in [5.41, 5.74) is 7.46. The first-order valence-corrected chi connectivity index (χ1v) is 6.88. The van der Waals surface area contributed by atoms with Crippen LogP contribution in [0.2, 0.25) is 0 Å². The van der Waals surface area contributed by atoms with Crippen molar-refractivity contribution < 1.29 is 8.78 Å². The molecule has 2 fully saturated rings. The van der Waals surface area contributed by atoms with E-state index in [1.54, 1.807) is 19.0 Å². The van der Waals surface area contributed by atoms with E-state index in [0.29, 0.717) is 6.54 Å². The van der Waals surface area contributed by atoms with Gasteiger partial charge >= 0.3 is 0 Å². The van der Waals surface area contributed by atoms with E-state index in [4.69, 9.17) is 5.73 Å². The van der Waals surface area contributed by atoms with Gasteiger partial charge in [-0.25, -0.2) is 8.78 Å². The van der Waals surface area contributed by atoms with Crippen molar-refractivity contribution in [3.63, 3.8) is 0 Å². The minimum atomic E-state index is -2.56. The number of aliphatic imine (C=N–C) groups is 1. The second-order valence-corrected chi connectivity index (χ2v) is 5.79. The van der Waals surface area contributed by atoms with Gasteiger partial charge in [0.05, 0.1) is 6.54 Å². The quantitative estimate of drug-likeness (QED) is 0.796. The molecule has 2 aliphatic rings. The summed E-state index contributed by atoms with van der Waals surface area (Å²) < 4.78 is 27.8. The van der Waals surface area contributed by atoms with E-state index in [9.17, 15) is 8.78 Å². The molecule has 3 nitrogen and oxygen atoms in total. The maximum atomic E-state index is 13.9. The Morgan fingerprint density at radius 2 is 2.21 bits per heavy atom. The van der Waals surface area contributed by atoms with Gasteiger partial charge in [0.15, 0.2) is 0 Å². The molecule has 0 spiro atoms. The molecule has 0 bridgehead atoms. The standard InChI is InChI=1S/C14H23F2N3/c1-4-9(17)5-13(18-2)11-6-10(11)12-7-19(3)8-14(12,15)16/h5,10-12H,4,6-8,17H2,1-3H3. The lowest BCUT2D eigenvalue weighted by molar-refractivity contribution is -0.0338. The molecule has 1 aliphatic heterocycles. The number of halogens is 2. The lowest BCUT2D eigenvalue weighted by atomic mass is 9.96. The number of hydrogen-bond donors (Lipinski definition) is 1. The van der Waals surface area contributed by atoms with Gasteiger partial charge < -0.3 is 10.6 Å². The summed E-state index contributed by atoms with van der Waals surface area (Å²) in [6, 6.07) is 0. The first-order chi connectivity index (χ1) is 8.89. The van der Waals surface area contributed by atoms with E-state index in [-0.39, 0.29) is 18.4 Å². The molecule has 2 rings (SSSR count). The van der Waals surface area contributed by atoms with Gasteiger partial charge in [-0.2, -0.15) is 0 Å². The Bertz CT molecular complexity index is 403. The van der Waals surface area contributed by atoms with Crippen molar-refractivity contribution in [2.45, 2.75) is 25.7 Å². The van der Waals surface area contributed by atoms with Crippen LogP contribution in [0.1, 0.15) is 19.8 Å². The van der Waals surface area contributed by atoms with Crippen LogP contribution in [0.5, 0.6) is 0 Å². The van der Waals surface area contributed by atoms with Crippen LogP contribution < -0.4 is 5.73 Å². The van der Waals surface area contributed by atoms with Crippen LogP contribution in [-0.2, 0) is 0 Å². The summed E-state index contributed by atoms with van der Waals surface area (Å²) in [6.45, 7) is 2.34. The Hall–Kier alpha value is -0.970. The van der Waals surface area contributed by atoms with Gasteiger partial charge in [-0.05, 0) is 31.9 Å². The average Bonchev–Trinajstić information content (AvgIpc) is 3.06. The Morgan fingerprint density at radius 1 is 1.53 bits per heavy atom. The van der Waals surface area contributed by atoms with Crippen molar-refractivity contribution in [1.29, 1.82) is 0 Å². The van der Waals surface area contributed by atoms with E-state index < -0.39 is 11.8 Å². The zero-order valence-corrected chi connectivity index (χ0v) is 11.9. The van der Waals surface area contributed by atoms with Crippen LogP contribution in [0, 0.1) is 17.8 Å². The lowest BCUT2D eigenvalue weighted by Gasteiger charge is -2.17. The molecule has 1 aliphatic carbocycles. The van der Waals surface area contributed by atoms with E-state index in [1.807, 2.05) is 13.0 Å². The number of hydrogen-bond acceptors (Lipinski definition) is 3. The number of rotatable bonds is 4. The van der Waals surface area contributed by atoms with Crippen LogP contribution in [0.3, 0.4) is 0 Å². The molecular weight excluding hydrogens is 248 g/mol. The molecule has 2 N–H and O–H groups in total. The topological polar surface area (TPSA) is 41.6 Å². The highest BCUT2D eigenvalue weighted by Crippen LogP contribution is 2.52. The van der Waals surface area contributed by atoms with Crippen LogP contribution in [0.4, 0.5) is 8.78 Å². The summed E-state index contributed by atoms with van der Waals surface area (Å²) in [5, 5.41) is 0. The van der Waals surface area contributed by atoms with E-state index in [0.717, 1.165) is 24.3 Å². The van der Waals surface area contributed by atoms with Gasteiger partial charge in [-0.15, -0.1) is 0 Å². The molecular formula is C14H23F2N3. The summed E-state index contributed by atoms with van der Waals surface area (Å²) in [6.07, 6.45) is 3.44. The van der Waals surface area contributed by atoms with Crippen molar-refractivity contribution in [3.05, 3.63) is 11.8 Å². The SMILES string of the molecule is CCC(N)=CC(=NC)C1CC1C1CN(C)CC1(F)F. The van der Waals surface area contributed by atoms with Crippen LogP contribution in [0.25, 0.3) is 0 Å². The highest BCUT2D eigenvalue weighted by Gasteiger charge is 2.58. The predicted octanol–water partition coefficient (Wildman–Crippen LogP) is 2.14. The molecule has 108 valence electrons. The molecule has 0 aromatic rings. The third-order valence-corrected chi connectivity index (χ3v) is 4.27. The second-order valence-electron chi connectivity index (χ2n) is 5.79. The summed E-state index contributed by atoms with van der Waals surface area (Å²) in [4.78, 5) is 5.95. The van der Waals surface area contributed by atoms with Crippen LogP contribution in [0.15, 0.2) is 16.8 Å².